The number of fused-ring (bicyclic) bond motifs is 1. The molecule has 2 N–H and O–H groups in total. The molecule has 0 bridgehead atoms. The van der Waals surface area contributed by atoms with E-state index in [2.05, 4.69) is 21.7 Å². The summed E-state index contributed by atoms with van der Waals surface area (Å²) in [4.78, 5) is 42.2. The van der Waals surface area contributed by atoms with Gasteiger partial charge in [0.2, 0.25) is 17.7 Å². The van der Waals surface area contributed by atoms with E-state index in [1.165, 1.54) is 11.3 Å². The van der Waals surface area contributed by atoms with Gasteiger partial charge in [0.15, 0.2) is 5.13 Å². The first-order valence-electron chi connectivity index (χ1n) is 9.43. The van der Waals surface area contributed by atoms with E-state index in [-0.39, 0.29) is 30.1 Å². The van der Waals surface area contributed by atoms with Crippen LogP contribution in [0.25, 0.3) is 11.3 Å². The minimum Gasteiger partial charge on any atom is -0.346 e. The minimum absolute atomic E-state index is 0.00305. The van der Waals surface area contributed by atoms with Crippen molar-refractivity contribution in [3.63, 3.8) is 0 Å². The van der Waals surface area contributed by atoms with Crippen molar-refractivity contribution in [2.45, 2.75) is 32.1 Å². The van der Waals surface area contributed by atoms with Gasteiger partial charge in [-0.25, -0.2) is 4.98 Å². The summed E-state index contributed by atoms with van der Waals surface area (Å²) in [5.41, 5.74) is 3.72. The van der Waals surface area contributed by atoms with Crippen LogP contribution in [0, 0.1) is 5.92 Å². The first-order valence-corrected chi connectivity index (χ1v) is 10.3. The Labute approximate surface area is 167 Å². The van der Waals surface area contributed by atoms with Crippen LogP contribution in [0.3, 0.4) is 0 Å². The van der Waals surface area contributed by atoms with Gasteiger partial charge in [-0.2, -0.15) is 0 Å². The summed E-state index contributed by atoms with van der Waals surface area (Å²) in [5.74, 6) is -0.389. The molecule has 2 aromatic rings. The standard InChI is InChI=1S/C20H22N4O3S/c1-24-8-7-14(10-18(24)26)19(27)23-20-22-16(11-28-20)13-5-6-15-12(9-13)3-2-4-17(25)21-15/h5-6,9,11,14H,2-4,7-8,10H2,1H3,(H,21,25)(H,22,23,27). The summed E-state index contributed by atoms with van der Waals surface area (Å²) in [6, 6.07) is 5.90. The number of nitrogens with one attached hydrogen (secondary N) is 2. The lowest BCUT2D eigenvalue weighted by molar-refractivity contribution is -0.137. The molecule has 0 saturated carbocycles. The van der Waals surface area contributed by atoms with E-state index in [1.807, 2.05) is 17.5 Å². The smallest absolute Gasteiger partial charge is 0.229 e. The zero-order valence-corrected chi connectivity index (χ0v) is 16.5. The number of hydrogen-bond acceptors (Lipinski definition) is 5. The zero-order valence-electron chi connectivity index (χ0n) is 15.7. The van der Waals surface area contributed by atoms with E-state index in [9.17, 15) is 14.4 Å². The number of amides is 3. The summed E-state index contributed by atoms with van der Waals surface area (Å²) in [7, 11) is 1.76. The number of aromatic nitrogens is 1. The van der Waals surface area contributed by atoms with Crippen LogP contribution in [0.2, 0.25) is 0 Å². The summed E-state index contributed by atoms with van der Waals surface area (Å²) in [5, 5.41) is 8.23. The number of carbonyl (C=O) groups is 3. The van der Waals surface area contributed by atoms with Gasteiger partial charge in [-0.05, 0) is 37.0 Å². The third kappa shape index (κ3) is 3.91. The second-order valence-corrected chi connectivity index (χ2v) is 8.16. The molecular formula is C20H22N4O3S. The first kappa shape index (κ1) is 18.6. The zero-order chi connectivity index (χ0) is 19.7. The van der Waals surface area contributed by atoms with Crippen LogP contribution in [0.15, 0.2) is 23.6 Å². The number of likely N-dealkylation sites (tertiary alicyclic amines) is 1. The highest BCUT2D eigenvalue weighted by Gasteiger charge is 2.29. The normalized spacial score (nSPS) is 19.6. The first-order chi connectivity index (χ1) is 13.5. The number of rotatable bonds is 3. The summed E-state index contributed by atoms with van der Waals surface area (Å²) < 4.78 is 0. The average molecular weight is 398 g/mol. The van der Waals surface area contributed by atoms with Crippen molar-refractivity contribution in [1.29, 1.82) is 0 Å². The molecule has 28 heavy (non-hydrogen) atoms. The molecule has 7 nitrogen and oxygen atoms in total. The Morgan fingerprint density at radius 2 is 2.18 bits per heavy atom. The maximum atomic E-state index is 12.5. The van der Waals surface area contributed by atoms with Crippen LogP contribution < -0.4 is 10.6 Å². The Hall–Kier alpha value is -2.74. The number of thiazole rings is 1. The molecule has 2 aliphatic heterocycles. The Kier molecular flexibility index (Phi) is 5.13. The number of aryl methyl sites for hydroxylation is 1. The van der Waals surface area contributed by atoms with Crippen molar-refractivity contribution in [3.8, 4) is 11.3 Å². The van der Waals surface area contributed by atoms with Crippen LogP contribution in [0.5, 0.6) is 0 Å². The van der Waals surface area contributed by atoms with Gasteiger partial charge in [0.1, 0.15) is 0 Å². The second kappa shape index (κ2) is 7.71. The fourth-order valence-corrected chi connectivity index (χ4v) is 4.29. The third-order valence-electron chi connectivity index (χ3n) is 5.29. The molecule has 0 radical (unpaired) electrons. The monoisotopic (exact) mass is 398 g/mol. The van der Waals surface area contributed by atoms with E-state index in [4.69, 9.17) is 0 Å². The fraction of sp³-hybridized carbons (Fsp3) is 0.400. The van der Waals surface area contributed by atoms with E-state index >= 15 is 0 Å². The maximum absolute atomic E-state index is 12.5. The highest BCUT2D eigenvalue weighted by Crippen LogP contribution is 2.31. The van der Waals surface area contributed by atoms with Gasteiger partial charge in [0.25, 0.3) is 0 Å². The summed E-state index contributed by atoms with van der Waals surface area (Å²) >= 11 is 1.37. The second-order valence-electron chi connectivity index (χ2n) is 7.31. The molecule has 1 aromatic heterocycles. The van der Waals surface area contributed by atoms with Crippen molar-refractivity contribution < 1.29 is 14.4 Å². The molecule has 1 atom stereocenters. The van der Waals surface area contributed by atoms with Gasteiger partial charge in [0, 0.05) is 49.0 Å². The average Bonchev–Trinajstić information content (AvgIpc) is 3.05. The largest absolute Gasteiger partial charge is 0.346 e. The molecule has 3 heterocycles. The molecule has 8 heteroatoms. The number of anilines is 2. The van der Waals surface area contributed by atoms with Crippen molar-refractivity contribution in [2.24, 2.45) is 5.92 Å². The van der Waals surface area contributed by atoms with Crippen molar-refractivity contribution in [1.82, 2.24) is 9.88 Å². The number of nitrogens with zero attached hydrogens (tertiary/aromatic N) is 2. The SMILES string of the molecule is CN1CCC(C(=O)Nc2nc(-c3ccc4c(c3)CCCC(=O)N4)cs2)CC1=O. The van der Waals surface area contributed by atoms with Crippen molar-refractivity contribution in [3.05, 3.63) is 29.1 Å². The lowest BCUT2D eigenvalue weighted by Crippen LogP contribution is -2.39. The van der Waals surface area contributed by atoms with Gasteiger partial charge in [-0.15, -0.1) is 11.3 Å². The molecule has 3 amide bonds. The lowest BCUT2D eigenvalue weighted by atomic mass is 9.96. The Balaban J connectivity index is 1.46. The van der Waals surface area contributed by atoms with Crippen LogP contribution >= 0.6 is 11.3 Å². The molecule has 1 unspecified atom stereocenters. The maximum Gasteiger partial charge on any atom is 0.229 e. The van der Waals surface area contributed by atoms with Crippen molar-refractivity contribution >= 4 is 39.9 Å². The van der Waals surface area contributed by atoms with E-state index in [1.54, 1.807) is 11.9 Å². The van der Waals surface area contributed by atoms with Crippen LogP contribution in [-0.4, -0.2) is 41.2 Å². The molecule has 0 aliphatic carbocycles. The Bertz CT molecular complexity index is 939. The number of hydrogen-bond donors (Lipinski definition) is 2. The van der Waals surface area contributed by atoms with Gasteiger partial charge >= 0.3 is 0 Å². The summed E-state index contributed by atoms with van der Waals surface area (Å²) in [6.07, 6.45) is 3.13. The van der Waals surface area contributed by atoms with Gasteiger partial charge in [-0.3, -0.25) is 14.4 Å². The molecule has 1 aromatic carbocycles. The van der Waals surface area contributed by atoms with E-state index in [0.717, 1.165) is 35.3 Å². The Morgan fingerprint density at radius 3 is 3.00 bits per heavy atom. The van der Waals surface area contributed by atoms with Gasteiger partial charge in [0.05, 0.1) is 5.69 Å². The molecule has 2 aliphatic rings. The predicted molar refractivity (Wildman–Crippen MR) is 108 cm³/mol. The quantitative estimate of drug-likeness (QED) is 0.832. The van der Waals surface area contributed by atoms with Gasteiger partial charge < -0.3 is 15.5 Å². The third-order valence-corrected chi connectivity index (χ3v) is 6.05. The molecule has 0 spiro atoms. The molecule has 4 rings (SSSR count). The van der Waals surface area contributed by atoms with Crippen LogP contribution in [0.4, 0.5) is 10.8 Å². The number of piperidine rings is 1. The van der Waals surface area contributed by atoms with E-state index in [0.29, 0.717) is 24.5 Å². The van der Waals surface area contributed by atoms with Crippen molar-refractivity contribution in [2.75, 3.05) is 24.2 Å². The minimum atomic E-state index is -0.299. The topological polar surface area (TPSA) is 91.4 Å². The fourth-order valence-electron chi connectivity index (χ4n) is 3.57. The predicted octanol–water partition coefficient (Wildman–Crippen LogP) is 2.89. The number of carbonyl (C=O) groups excluding carboxylic acids is 3. The molecule has 1 saturated heterocycles. The number of benzene rings is 1. The Morgan fingerprint density at radius 1 is 1.32 bits per heavy atom. The van der Waals surface area contributed by atoms with E-state index < -0.39 is 0 Å². The molecular weight excluding hydrogens is 376 g/mol. The molecule has 146 valence electrons. The lowest BCUT2D eigenvalue weighted by Gasteiger charge is -2.27. The van der Waals surface area contributed by atoms with Crippen LogP contribution in [0.1, 0.15) is 31.2 Å². The highest BCUT2D eigenvalue weighted by molar-refractivity contribution is 7.14. The highest BCUT2D eigenvalue weighted by atomic mass is 32.1. The summed E-state index contributed by atoms with van der Waals surface area (Å²) in [6.45, 7) is 0.603. The molecule has 1 fully saturated rings. The van der Waals surface area contributed by atoms with Crippen LogP contribution in [-0.2, 0) is 20.8 Å². The van der Waals surface area contributed by atoms with Gasteiger partial charge in [-0.1, -0.05) is 6.07 Å².